The molecule has 0 unspecified atom stereocenters. The number of carboxylic acids is 1. The van der Waals surface area contributed by atoms with Gasteiger partial charge in [0.2, 0.25) is 5.91 Å². The van der Waals surface area contributed by atoms with Crippen molar-refractivity contribution in [2.75, 3.05) is 13.2 Å². The van der Waals surface area contributed by atoms with Crippen LogP contribution in [-0.2, 0) is 14.3 Å². The lowest BCUT2D eigenvalue weighted by Gasteiger charge is -2.29. The predicted octanol–water partition coefficient (Wildman–Crippen LogP) is 4.06. The van der Waals surface area contributed by atoms with Crippen molar-refractivity contribution in [1.82, 2.24) is 10.6 Å². The molecule has 0 spiro atoms. The van der Waals surface area contributed by atoms with Crippen LogP contribution in [0.15, 0.2) is 48.5 Å². The zero-order chi connectivity index (χ0) is 23.4. The van der Waals surface area contributed by atoms with Crippen molar-refractivity contribution in [3.8, 4) is 11.1 Å². The van der Waals surface area contributed by atoms with E-state index >= 15 is 0 Å². The molecule has 7 heteroatoms. The summed E-state index contributed by atoms with van der Waals surface area (Å²) >= 11 is 0. The molecule has 2 aliphatic carbocycles. The van der Waals surface area contributed by atoms with Gasteiger partial charge >= 0.3 is 12.1 Å². The lowest BCUT2D eigenvalue weighted by atomic mass is 9.84. The largest absolute Gasteiger partial charge is 0.480 e. The van der Waals surface area contributed by atoms with Crippen LogP contribution in [0.25, 0.3) is 11.1 Å². The molecular formula is C26H30N2O5. The molecule has 7 nitrogen and oxygen atoms in total. The molecule has 3 N–H and O–H groups in total. The average Bonchev–Trinajstić information content (AvgIpc) is 3.43. The second kappa shape index (κ2) is 9.65. The molecule has 1 fully saturated rings. The molecule has 2 aromatic carbocycles. The van der Waals surface area contributed by atoms with E-state index in [2.05, 4.69) is 34.9 Å². The zero-order valence-electron chi connectivity index (χ0n) is 18.8. The van der Waals surface area contributed by atoms with Crippen LogP contribution < -0.4 is 10.6 Å². The Hall–Kier alpha value is -3.35. The molecule has 0 radical (unpaired) electrons. The van der Waals surface area contributed by atoms with Crippen LogP contribution >= 0.6 is 0 Å². The van der Waals surface area contributed by atoms with Crippen molar-refractivity contribution in [3.63, 3.8) is 0 Å². The lowest BCUT2D eigenvalue weighted by Crippen LogP contribution is -2.51. The number of rotatable bonds is 8. The van der Waals surface area contributed by atoms with Gasteiger partial charge in [0.05, 0.1) is 5.41 Å². The number of carboxylic acid groups (broad SMARTS) is 1. The molecular weight excluding hydrogens is 420 g/mol. The normalized spacial score (nSPS) is 17.0. The quantitative estimate of drug-likeness (QED) is 0.562. The molecule has 2 aromatic rings. The van der Waals surface area contributed by atoms with Gasteiger partial charge in [0, 0.05) is 12.5 Å². The SMILES string of the molecule is CC[C@@H](NC(=O)C1(CNC(=O)OCC2c3ccccc3-c3ccccc32)CCCC1)C(=O)O. The summed E-state index contributed by atoms with van der Waals surface area (Å²) in [4.78, 5) is 36.8. The van der Waals surface area contributed by atoms with Crippen molar-refractivity contribution >= 4 is 18.0 Å². The molecule has 4 rings (SSSR count). The van der Waals surface area contributed by atoms with E-state index in [4.69, 9.17) is 4.74 Å². The molecule has 0 bridgehead atoms. The second-order valence-corrected chi connectivity index (χ2v) is 8.94. The van der Waals surface area contributed by atoms with Gasteiger partial charge in [-0.25, -0.2) is 9.59 Å². The summed E-state index contributed by atoms with van der Waals surface area (Å²) in [6.07, 6.45) is 2.68. The van der Waals surface area contributed by atoms with Crippen LogP contribution in [0, 0.1) is 5.41 Å². The third kappa shape index (κ3) is 4.58. The van der Waals surface area contributed by atoms with Crippen molar-refractivity contribution in [1.29, 1.82) is 0 Å². The van der Waals surface area contributed by atoms with Crippen LogP contribution in [0.1, 0.15) is 56.1 Å². The van der Waals surface area contributed by atoms with E-state index in [1.807, 2.05) is 24.3 Å². The monoisotopic (exact) mass is 450 g/mol. The third-order valence-corrected chi connectivity index (χ3v) is 6.97. The standard InChI is InChI=1S/C26H30N2O5/c1-2-22(23(29)30)28-24(31)26(13-7-8-14-26)16-27-25(32)33-15-21-19-11-5-3-9-17(19)18-10-4-6-12-20(18)21/h3-6,9-12,21-22H,2,7-8,13-16H2,1H3,(H,27,32)(H,28,31)(H,29,30)/t22-/m1/s1. The van der Waals surface area contributed by atoms with Gasteiger partial charge in [-0.2, -0.15) is 0 Å². The number of carbonyl (C=O) groups is 3. The highest BCUT2D eigenvalue weighted by molar-refractivity contribution is 5.88. The fourth-order valence-electron chi connectivity index (χ4n) is 5.08. The van der Waals surface area contributed by atoms with Crippen LogP contribution in [0.4, 0.5) is 4.79 Å². The molecule has 0 heterocycles. The molecule has 1 saturated carbocycles. The fourth-order valence-corrected chi connectivity index (χ4v) is 5.08. The summed E-state index contributed by atoms with van der Waals surface area (Å²) in [5.41, 5.74) is 3.80. The Morgan fingerprint density at radius 2 is 1.61 bits per heavy atom. The van der Waals surface area contributed by atoms with Crippen molar-refractivity contribution in [3.05, 3.63) is 59.7 Å². The smallest absolute Gasteiger partial charge is 0.407 e. The molecule has 0 aromatic heterocycles. The number of aliphatic carboxylic acids is 1. The number of carbonyl (C=O) groups excluding carboxylic acids is 2. The lowest BCUT2D eigenvalue weighted by molar-refractivity contribution is -0.144. The first-order chi connectivity index (χ1) is 15.9. The Labute approximate surface area is 193 Å². The molecule has 2 amide bonds. The van der Waals surface area contributed by atoms with Crippen LogP contribution in [0.3, 0.4) is 0 Å². The Kier molecular flexibility index (Phi) is 6.67. The van der Waals surface area contributed by atoms with E-state index in [0.717, 1.165) is 35.1 Å². The first-order valence-corrected chi connectivity index (χ1v) is 11.6. The summed E-state index contributed by atoms with van der Waals surface area (Å²) in [7, 11) is 0. The van der Waals surface area contributed by atoms with E-state index in [9.17, 15) is 19.5 Å². The zero-order valence-corrected chi connectivity index (χ0v) is 18.8. The minimum Gasteiger partial charge on any atom is -0.480 e. The van der Waals surface area contributed by atoms with Crippen LogP contribution in [-0.4, -0.2) is 42.3 Å². The minimum absolute atomic E-state index is 0.0345. The highest BCUT2D eigenvalue weighted by atomic mass is 16.5. The number of alkyl carbamates (subject to hydrolysis) is 1. The van der Waals surface area contributed by atoms with Gasteiger partial charge in [0.15, 0.2) is 0 Å². The second-order valence-electron chi connectivity index (χ2n) is 8.94. The van der Waals surface area contributed by atoms with Gasteiger partial charge in [0.25, 0.3) is 0 Å². The van der Waals surface area contributed by atoms with Gasteiger partial charge in [-0.15, -0.1) is 0 Å². The summed E-state index contributed by atoms with van der Waals surface area (Å²) in [5, 5.41) is 14.7. The Balaban J connectivity index is 1.38. The molecule has 2 aliphatic rings. The number of fused-ring (bicyclic) bond motifs is 3. The molecule has 0 aliphatic heterocycles. The van der Waals surface area contributed by atoms with Gasteiger partial charge in [-0.05, 0) is 41.5 Å². The number of ether oxygens (including phenoxy) is 1. The van der Waals surface area contributed by atoms with Crippen molar-refractivity contribution < 1.29 is 24.2 Å². The Bertz CT molecular complexity index is 999. The maximum absolute atomic E-state index is 12.9. The first-order valence-electron chi connectivity index (χ1n) is 11.6. The summed E-state index contributed by atoms with van der Waals surface area (Å²) in [5.74, 6) is -1.40. The number of hydrogen-bond acceptors (Lipinski definition) is 4. The molecule has 174 valence electrons. The van der Waals surface area contributed by atoms with Crippen LogP contribution in [0.2, 0.25) is 0 Å². The average molecular weight is 451 g/mol. The maximum atomic E-state index is 12.9. The van der Waals surface area contributed by atoms with E-state index < -0.39 is 23.5 Å². The number of amides is 2. The van der Waals surface area contributed by atoms with E-state index in [1.165, 1.54) is 0 Å². The number of benzene rings is 2. The topological polar surface area (TPSA) is 105 Å². The summed E-state index contributed by atoms with van der Waals surface area (Å²) in [6, 6.07) is 15.3. The minimum atomic E-state index is -1.05. The first kappa shape index (κ1) is 22.8. The molecule has 0 saturated heterocycles. The number of nitrogens with one attached hydrogen (secondary N) is 2. The van der Waals surface area contributed by atoms with Gasteiger partial charge in [-0.3, -0.25) is 4.79 Å². The molecule has 33 heavy (non-hydrogen) atoms. The third-order valence-electron chi connectivity index (χ3n) is 6.97. The predicted molar refractivity (Wildman–Crippen MR) is 124 cm³/mol. The molecule has 1 atom stereocenters. The Morgan fingerprint density at radius 3 is 2.15 bits per heavy atom. The highest BCUT2D eigenvalue weighted by Crippen LogP contribution is 2.44. The van der Waals surface area contributed by atoms with Crippen LogP contribution in [0.5, 0.6) is 0 Å². The maximum Gasteiger partial charge on any atom is 0.407 e. The Morgan fingerprint density at radius 1 is 1.03 bits per heavy atom. The van der Waals surface area contributed by atoms with Gasteiger partial charge < -0.3 is 20.5 Å². The summed E-state index contributed by atoms with van der Waals surface area (Å²) < 4.78 is 5.59. The number of hydrogen-bond donors (Lipinski definition) is 3. The summed E-state index contributed by atoms with van der Waals surface area (Å²) in [6.45, 7) is 2.05. The highest BCUT2D eigenvalue weighted by Gasteiger charge is 2.42. The van der Waals surface area contributed by atoms with E-state index in [0.29, 0.717) is 19.3 Å². The van der Waals surface area contributed by atoms with Crippen molar-refractivity contribution in [2.24, 2.45) is 5.41 Å². The fraction of sp³-hybridized carbons (Fsp3) is 0.423. The van der Waals surface area contributed by atoms with E-state index in [1.54, 1.807) is 6.92 Å². The van der Waals surface area contributed by atoms with E-state index in [-0.39, 0.29) is 25.0 Å². The van der Waals surface area contributed by atoms with Gasteiger partial charge in [0.1, 0.15) is 12.6 Å². The van der Waals surface area contributed by atoms with Crippen molar-refractivity contribution in [2.45, 2.75) is 51.0 Å². The van der Waals surface area contributed by atoms with Gasteiger partial charge in [-0.1, -0.05) is 68.3 Å².